The predicted octanol–water partition coefficient (Wildman–Crippen LogP) is 0.915. The highest BCUT2D eigenvalue weighted by atomic mass is 32.2. The average Bonchev–Trinajstić information content (AvgIpc) is 3.02. The van der Waals surface area contributed by atoms with Gasteiger partial charge in [-0.2, -0.15) is 0 Å². The van der Waals surface area contributed by atoms with Crippen LogP contribution in [0.5, 0.6) is 0 Å². The SMILES string of the molecule is COCc1ccc(C(=O)Nc2cccc(S(=O)(=O)NCCN)c2)o1. The van der Waals surface area contributed by atoms with Crippen LogP contribution in [-0.2, 0) is 21.4 Å². The molecule has 9 heteroatoms. The number of carbonyl (C=O) groups excluding carboxylic acids is 1. The molecule has 1 heterocycles. The monoisotopic (exact) mass is 353 g/mol. The molecule has 0 bridgehead atoms. The van der Waals surface area contributed by atoms with Crippen LogP contribution in [0.3, 0.4) is 0 Å². The third-order valence-corrected chi connectivity index (χ3v) is 4.47. The zero-order valence-corrected chi connectivity index (χ0v) is 13.9. The third-order valence-electron chi connectivity index (χ3n) is 3.01. The average molecular weight is 353 g/mol. The molecule has 1 aromatic carbocycles. The van der Waals surface area contributed by atoms with Crippen LogP contribution in [-0.4, -0.2) is 34.5 Å². The van der Waals surface area contributed by atoms with Gasteiger partial charge in [-0.1, -0.05) is 6.07 Å². The number of hydrogen-bond acceptors (Lipinski definition) is 6. The molecule has 0 aliphatic heterocycles. The molecule has 0 spiro atoms. The number of methoxy groups -OCH3 is 1. The van der Waals surface area contributed by atoms with E-state index in [1.807, 2.05) is 0 Å². The number of sulfonamides is 1. The molecule has 0 fully saturated rings. The van der Waals surface area contributed by atoms with Gasteiger partial charge in [-0.3, -0.25) is 4.79 Å². The standard InChI is InChI=1S/C15H19N3O5S/c1-22-10-12-5-6-14(23-12)15(19)18-11-3-2-4-13(9-11)24(20,21)17-8-7-16/h2-6,9,17H,7-8,10,16H2,1H3,(H,18,19). The van der Waals surface area contributed by atoms with Crippen molar-refractivity contribution in [2.45, 2.75) is 11.5 Å². The van der Waals surface area contributed by atoms with Gasteiger partial charge in [0.15, 0.2) is 5.76 Å². The molecule has 8 nitrogen and oxygen atoms in total. The largest absolute Gasteiger partial charge is 0.453 e. The Balaban J connectivity index is 2.12. The Morgan fingerprint density at radius 3 is 2.79 bits per heavy atom. The van der Waals surface area contributed by atoms with Gasteiger partial charge in [0.05, 0.1) is 4.90 Å². The summed E-state index contributed by atoms with van der Waals surface area (Å²) in [7, 11) is -2.15. The van der Waals surface area contributed by atoms with Crippen molar-refractivity contribution < 1.29 is 22.4 Å². The lowest BCUT2D eigenvalue weighted by Crippen LogP contribution is -2.29. The smallest absolute Gasteiger partial charge is 0.291 e. The summed E-state index contributed by atoms with van der Waals surface area (Å²) < 4.78 is 36.7. The number of hydrogen-bond donors (Lipinski definition) is 3. The van der Waals surface area contributed by atoms with Crippen molar-refractivity contribution in [3.63, 3.8) is 0 Å². The Morgan fingerprint density at radius 2 is 2.08 bits per heavy atom. The minimum absolute atomic E-state index is 0.0354. The maximum Gasteiger partial charge on any atom is 0.291 e. The van der Waals surface area contributed by atoms with Crippen LogP contribution in [0.15, 0.2) is 45.7 Å². The fourth-order valence-electron chi connectivity index (χ4n) is 1.93. The number of rotatable bonds is 8. The van der Waals surface area contributed by atoms with Gasteiger partial charge in [0, 0.05) is 25.9 Å². The minimum Gasteiger partial charge on any atom is -0.453 e. The molecule has 0 saturated carbocycles. The molecule has 0 atom stereocenters. The Kier molecular flexibility index (Phi) is 6.10. The van der Waals surface area contributed by atoms with Crippen LogP contribution in [0.4, 0.5) is 5.69 Å². The van der Waals surface area contributed by atoms with Crippen molar-refractivity contribution in [1.82, 2.24) is 4.72 Å². The fourth-order valence-corrected chi connectivity index (χ4v) is 3.02. The quantitative estimate of drug-likeness (QED) is 0.648. The highest BCUT2D eigenvalue weighted by molar-refractivity contribution is 7.89. The van der Waals surface area contributed by atoms with Gasteiger partial charge in [-0.25, -0.2) is 13.1 Å². The maximum absolute atomic E-state index is 12.1. The molecule has 24 heavy (non-hydrogen) atoms. The number of carbonyl (C=O) groups is 1. The van der Waals surface area contributed by atoms with Gasteiger partial charge in [0.25, 0.3) is 5.91 Å². The highest BCUT2D eigenvalue weighted by Gasteiger charge is 2.15. The van der Waals surface area contributed by atoms with E-state index in [4.69, 9.17) is 14.9 Å². The second-order valence-corrected chi connectivity index (χ2v) is 6.63. The summed E-state index contributed by atoms with van der Waals surface area (Å²) >= 11 is 0. The zero-order valence-electron chi connectivity index (χ0n) is 13.1. The molecule has 2 rings (SSSR count). The molecule has 0 aliphatic carbocycles. The molecule has 0 saturated heterocycles. The number of nitrogens with one attached hydrogen (secondary N) is 2. The van der Waals surface area contributed by atoms with E-state index in [0.717, 1.165) is 0 Å². The maximum atomic E-state index is 12.1. The summed E-state index contributed by atoms with van der Waals surface area (Å²) in [5.74, 6) is 0.142. The Hall–Kier alpha value is -2.20. The number of benzene rings is 1. The highest BCUT2D eigenvalue weighted by Crippen LogP contribution is 2.17. The van der Waals surface area contributed by atoms with Gasteiger partial charge < -0.3 is 20.2 Å². The van der Waals surface area contributed by atoms with Gasteiger partial charge in [0.1, 0.15) is 12.4 Å². The van der Waals surface area contributed by atoms with Crippen LogP contribution in [0, 0.1) is 0 Å². The van der Waals surface area contributed by atoms with Crippen molar-refractivity contribution in [3.8, 4) is 0 Å². The first-order chi connectivity index (χ1) is 11.5. The lowest BCUT2D eigenvalue weighted by molar-refractivity contribution is 0.0987. The van der Waals surface area contributed by atoms with Crippen LogP contribution in [0.25, 0.3) is 0 Å². The van der Waals surface area contributed by atoms with Gasteiger partial charge >= 0.3 is 0 Å². The van der Waals surface area contributed by atoms with Crippen LogP contribution in [0.1, 0.15) is 16.3 Å². The molecule has 130 valence electrons. The number of nitrogens with two attached hydrogens (primary N) is 1. The molecule has 0 unspecified atom stereocenters. The Labute approximate surface area is 140 Å². The second kappa shape index (κ2) is 8.06. The molecular weight excluding hydrogens is 334 g/mol. The molecular formula is C15H19N3O5S. The van der Waals surface area contributed by atoms with E-state index in [1.165, 1.54) is 31.4 Å². The summed E-state index contributed by atoms with van der Waals surface area (Å²) in [5.41, 5.74) is 5.63. The van der Waals surface area contributed by atoms with E-state index < -0.39 is 15.9 Å². The summed E-state index contributed by atoms with van der Waals surface area (Å²) in [6, 6.07) is 9.06. The van der Waals surface area contributed by atoms with E-state index >= 15 is 0 Å². The first-order valence-corrected chi connectivity index (χ1v) is 8.63. The first kappa shape index (κ1) is 18.1. The summed E-state index contributed by atoms with van der Waals surface area (Å²) in [5, 5.41) is 2.59. The number of anilines is 1. The number of amides is 1. The van der Waals surface area contributed by atoms with Crippen LogP contribution in [0.2, 0.25) is 0 Å². The Bertz CT molecular complexity index is 801. The van der Waals surface area contributed by atoms with Crippen molar-refractivity contribution in [1.29, 1.82) is 0 Å². The lowest BCUT2D eigenvalue weighted by atomic mass is 10.3. The first-order valence-electron chi connectivity index (χ1n) is 7.15. The van der Waals surface area contributed by atoms with Crippen molar-refractivity contribution >= 4 is 21.6 Å². The van der Waals surface area contributed by atoms with E-state index in [0.29, 0.717) is 11.4 Å². The zero-order chi connectivity index (χ0) is 17.6. The normalized spacial score (nSPS) is 11.4. The van der Waals surface area contributed by atoms with Gasteiger partial charge in [0.2, 0.25) is 10.0 Å². The number of furan rings is 1. The van der Waals surface area contributed by atoms with E-state index in [2.05, 4.69) is 10.0 Å². The minimum atomic E-state index is -3.67. The van der Waals surface area contributed by atoms with E-state index in [1.54, 1.807) is 12.1 Å². The van der Waals surface area contributed by atoms with Crippen molar-refractivity contribution in [2.24, 2.45) is 5.73 Å². The van der Waals surface area contributed by atoms with Crippen molar-refractivity contribution in [3.05, 3.63) is 47.9 Å². The van der Waals surface area contributed by atoms with Gasteiger partial charge in [-0.05, 0) is 30.3 Å². The van der Waals surface area contributed by atoms with E-state index in [-0.39, 0.29) is 30.4 Å². The fraction of sp³-hybridized carbons (Fsp3) is 0.267. The molecule has 0 radical (unpaired) electrons. The number of ether oxygens (including phenoxy) is 1. The molecule has 1 amide bonds. The van der Waals surface area contributed by atoms with Crippen LogP contribution < -0.4 is 15.8 Å². The third kappa shape index (κ3) is 4.65. The Morgan fingerprint density at radius 1 is 1.29 bits per heavy atom. The van der Waals surface area contributed by atoms with Crippen LogP contribution >= 0.6 is 0 Å². The van der Waals surface area contributed by atoms with E-state index in [9.17, 15) is 13.2 Å². The second-order valence-electron chi connectivity index (χ2n) is 4.87. The van der Waals surface area contributed by atoms with Crippen molar-refractivity contribution in [2.75, 3.05) is 25.5 Å². The molecule has 0 aliphatic rings. The molecule has 2 aromatic rings. The molecule has 4 N–H and O–H groups in total. The van der Waals surface area contributed by atoms with Gasteiger partial charge in [-0.15, -0.1) is 0 Å². The lowest BCUT2D eigenvalue weighted by Gasteiger charge is -2.08. The summed E-state index contributed by atoms with van der Waals surface area (Å²) in [6.07, 6.45) is 0. The summed E-state index contributed by atoms with van der Waals surface area (Å²) in [6.45, 7) is 0.583. The molecule has 1 aromatic heterocycles. The predicted molar refractivity (Wildman–Crippen MR) is 88.1 cm³/mol. The topological polar surface area (TPSA) is 124 Å². The summed E-state index contributed by atoms with van der Waals surface area (Å²) in [4.78, 5) is 12.2.